The lowest BCUT2D eigenvalue weighted by atomic mass is 9.93. The van der Waals surface area contributed by atoms with Gasteiger partial charge >= 0.3 is 11.9 Å². The Hall–Kier alpha value is -3.14. The minimum absolute atomic E-state index is 0.265. The van der Waals surface area contributed by atoms with Crippen LogP contribution in [0.1, 0.15) is 142 Å². The third-order valence-electron chi connectivity index (χ3n) is 8.98. The summed E-state index contributed by atoms with van der Waals surface area (Å²) in [4.78, 5) is 26.4. The van der Waals surface area contributed by atoms with Crippen LogP contribution in [-0.2, 0) is 9.59 Å². The zero-order valence-electron chi connectivity index (χ0n) is 27.4. The fourth-order valence-electron chi connectivity index (χ4n) is 6.47. The number of carbonyl (C=O) groups is 2. The van der Waals surface area contributed by atoms with Crippen molar-refractivity contribution in [2.24, 2.45) is 0 Å². The molecule has 0 radical (unpaired) electrons. The van der Waals surface area contributed by atoms with Gasteiger partial charge in [-0.05, 0) is 23.6 Å². The van der Waals surface area contributed by atoms with E-state index in [1.807, 2.05) is 24.3 Å². The molecule has 4 nitrogen and oxygen atoms in total. The van der Waals surface area contributed by atoms with Gasteiger partial charge in [0.15, 0.2) is 11.5 Å². The van der Waals surface area contributed by atoms with Crippen molar-refractivity contribution >= 4 is 44.3 Å². The third kappa shape index (κ3) is 9.68. The maximum absolute atomic E-state index is 13.2. The number of ether oxygens (including phenoxy) is 2. The Bertz CT molecular complexity index is 1330. The van der Waals surface area contributed by atoms with Crippen molar-refractivity contribution in [3.63, 3.8) is 0 Å². The molecule has 44 heavy (non-hydrogen) atoms. The molecule has 0 saturated heterocycles. The van der Waals surface area contributed by atoms with Crippen molar-refractivity contribution < 1.29 is 19.1 Å². The fourth-order valence-corrected chi connectivity index (χ4v) is 6.47. The number of hydrogen-bond acceptors (Lipinski definition) is 4. The first-order valence-corrected chi connectivity index (χ1v) is 17.7. The molecule has 238 valence electrons. The summed E-state index contributed by atoms with van der Waals surface area (Å²) < 4.78 is 12.2. The molecule has 0 aromatic heterocycles. The largest absolute Gasteiger partial charge is 0.422 e. The van der Waals surface area contributed by atoms with Gasteiger partial charge in [0.25, 0.3) is 0 Å². The zero-order chi connectivity index (χ0) is 31.0. The summed E-state index contributed by atoms with van der Waals surface area (Å²) in [5.74, 6) is 0.226. The van der Waals surface area contributed by atoms with E-state index >= 15 is 0 Å². The Labute approximate surface area is 265 Å². The Balaban J connectivity index is 1.42. The van der Waals surface area contributed by atoms with Crippen LogP contribution >= 0.6 is 0 Å². The van der Waals surface area contributed by atoms with Crippen LogP contribution in [0.25, 0.3) is 32.3 Å². The first-order chi connectivity index (χ1) is 21.6. The highest BCUT2D eigenvalue weighted by Crippen LogP contribution is 2.47. The number of benzene rings is 4. The zero-order valence-corrected chi connectivity index (χ0v) is 27.4. The second kappa shape index (κ2) is 18.6. The molecule has 0 aliphatic heterocycles. The first-order valence-electron chi connectivity index (χ1n) is 17.7. The standard InChI is InChI=1S/C40H54O4/c1-3-5-7-9-11-13-15-17-19-27-35(41)43-39-33-25-21-23-31-29-30-32-24-22-26-34(38(32)37(31)33)40(39)44-36(42)28-20-18-16-14-12-10-8-6-4-2/h21-26,29-30H,3-20,27-28H2,1-2H3. The van der Waals surface area contributed by atoms with Gasteiger partial charge in [-0.3, -0.25) is 9.59 Å². The first kappa shape index (κ1) is 33.7. The second-order valence-electron chi connectivity index (χ2n) is 12.6. The van der Waals surface area contributed by atoms with Crippen LogP contribution in [0.15, 0.2) is 48.5 Å². The highest BCUT2D eigenvalue weighted by molar-refractivity contribution is 6.27. The Morgan fingerprint density at radius 1 is 0.455 bits per heavy atom. The van der Waals surface area contributed by atoms with E-state index in [4.69, 9.17) is 9.47 Å². The molecular weight excluding hydrogens is 544 g/mol. The Morgan fingerprint density at radius 3 is 1.16 bits per heavy atom. The van der Waals surface area contributed by atoms with Gasteiger partial charge < -0.3 is 9.47 Å². The number of unbranched alkanes of at least 4 members (excludes halogenated alkanes) is 16. The van der Waals surface area contributed by atoms with Gasteiger partial charge in [-0.25, -0.2) is 0 Å². The van der Waals surface area contributed by atoms with Gasteiger partial charge in [0.2, 0.25) is 0 Å². The molecule has 0 N–H and O–H groups in total. The van der Waals surface area contributed by atoms with Crippen molar-refractivity contribution in [3.8, 4) is 11.5 Å². The molecule has 4 aromatic carbocycles. The number of carbonyl (C=O) groups excluding carboxylic acids is 2. The molecule has 0 bridgehead atoms. The third-order valence-corrected chi connectivity index (χ3v) is 8.98. The molecular formula is C40H54O4. The average Bonchev–Trinajstić information content (AvgIpc) is 3.04. The Morgan fingerprint density at radius 2 is 0.795 bits per heavy atom. The van der Waals surface area contributed by atoms with Crippen LogP contribution in [0.5, 0.6) is 11.5 Å². The maximum atomic E-state index is 13.2. The van der Waals surface area contributed by atoms with Crippen LogP contribution in [0.3, 0.4) is 0 Å². The van der Waals surface area contributed by atoms with E-state index in [2.05, 4.69) is 38.1 Å². The highest BCUT2D eigenvalue weighted by Gasteiger charge is 2.23. The summed E-state index contributed by atoms with van der Waals surface area (Å²) in [7, 11) is 0. The average molecular weight is 599 g/mol. The van der Waals surface area contributed by atoms with Crippen LogP contribution in [0.4, 0.5) is 0 Å². The summed E-state index contributed by atoms with van der Waals surface area (Å²) in [5, 5.41) is 5.89. The monoisotopic (exact) mass is 598 g/mol. The molecule has 0 saturated carbocycles. The van der Waals surface area contributed by atoms with E-state index in [9.17, 15) is 9.59 Å². The van der Waals surface area contributed by atoms with Crippen LogP contribution in [-0.4, -0.2) is 11.9 Å². The molecule has 0 amide bonds. The van der Waals surface area contributed by atoms with Gasteiger partial charge in [0, 0.05) is 34.4 Å². The number of rotatable bonds is 22. The minimum Gasteiger partial charge on any atom is -0.422 e. The van der Waals surface area contributed by atoms with E-state index in [0.29, 0.717) is 24.3 Å². The van der Waals surface area contributed by atoms with Crippen molar-refractivity contribution in [3.05, 3.63) is 48.5 Å². The van der Waals surface area contributed by atoms with Crippen molar-refractivity contribution in [1.29, 1.82) is 0 Å². The summed E-state index contributed by atoms with van der Waals surface area (Å²) >= 11 is 0. The van der Waals surface area contributed by atoms with Crippen LogP contribution < -0.4 is 9.47 Å². The van der Waals surface area contributed by atoms with Crippen molar-refractivity contribution in [2.45, 2.75) is 142 Å². The van der Waals surface area contributed by atoms with E-state index in [-0.39, 0.29) is 11.9 Å². The van der Waals surface area contributed by atoms with E-state index in [1.165, 1.54) is 77.0 Å². The molecule has 4 rings (SSSR count). The predicted octanol–water partition coefficient (Wildman–Crippen LogP) is 12.2. The molecule has 0 aliphatic rings. The van der Waals surface area contributed by atoms with Crippen molar-refractivity contribution in [2.75, 3.05) is 0 Å². The van der Waals surface area contributed by atoms with E-state index in [0.717, 1.165) is 70.8 Å². The lowest BCUT2D eigenvalue weighted by Gasteiger charge is -2.19. The predicted molar refractivity (Wildman–Crippen MR) is 185 cm³/mol. The van der Waals surface area contributed by atoms with Gasteiger partial charge in [-0.2, -0.15) is 0 Å². The molecule has 0 fully saturated rings. The van der Waals surface area contributed by atoms with E-state index < -0.39 is 0 Å². The lowest BCUT2D eigenvalue weighted by molar-refractivity contribution is -0.137. The quantitative estimate of drug-likeness (QED) is 0.0391. The molecule has 0 spiro atoms. The molecule has 0 heterocycles. The van der Waals surface area contributed by atoms with Crippen LogP contribution in [0, 0.1) is 0 Å². The smallest absolute Gasteiger partial charge is 0.311 e. The maximum Gasteiger partial charge on any atom is 0.311 e. The minimum atomic E-state index is -0.265. The van der Waals surface area contributed by atoms with Crippen molar-refractivity contribution in [1.82, 2.24) is 0 Å². The lowest BCUT2D eigenvalue weighted by Crippen LogP contribution is -2.13. The summed E-state index contributed by atoms with van der Waals surface area (Å²) in [5.41, 5.74) is 0. The summed E-state index contributed by atoms with van der Waals surface area (Å²) in [6.45, 7) is 4.49. The van der Waals surface area contributed by atoms with E-state index in [1.54, 1.807) is 0 Å². The Kier molecular flexibility index (Phi) is 14.3. The second-order valence-corrected chi connectivity index (χ2v) is 12.6. The fraction of sp³-hybridized carbons (Fsp3) is 0.550. The number of esters is 2. The molecule has 0 atom stereocenters. The highest BCUT2D eigenvalue weighted by atomic mass is 16.6. The molecule has 0 aliphatic carbocycles. The van der Waals surface area contributed by atoms with Gasteiger partial charge in [-0.1, -0.05) is 165 Å². The SMILES string of the molecule is CCCCCCCCCCCC(=O)Oc1c(OC(=O)CCCCCCCCCCC)c2cccc3ccc4cccc1c4c32. The summed E-state index contributed by atoms with van der Waals surface area (Å²) in [6, 6.07) is 16.3. The normalized spacial score (nSPS) is 11.6. The molecule has 4 aromatic rings. The summed E-state index contributed by atoms with van der Waals surface area (Å²) in [6.07, 6.45) is 22.2. The van der Waals surface area contributed by atoms with Gasteiger partial charge in [-0.15, -0.1) is 0 Å². The van der Waals surface area contributed by atoms with Gasteiger partial charge in [0.05, 0.1) is 0 Å². The molecule has 4 heteroatoms. The number of hydrogen-bond donors (Lipinski definition) is 0. The van der Waals surface area contributed by atoms with Gasteiger partial charge in [0.1, 0.15) is 0 Å². The molecule has 0 unspecified atom stereocenters. The topological polar surface area (TPSA) is 52.6 Å². The van der Waals surface area contributed by atoms with Crippen LogP contribution in [0.2, 0.25) is 0 Å².